The minimum atomic E-state index is -0.263. The molecule has 0 fully saturated rings. The smallest absolute Gasteiger partial charge is 0.0635 e. The largest absolute Gasteiger partial charge is 0.366 e. The van der Waals surface area contributed by atoms with Crippen LogP contribution in [0.4, 0.5) is 5.69 Å². The normalized spacial score (nSPS) is 18.6. The second-order valence-electron chi connectivity index (χ2n) is 6.64. The van der Waals surface area contributed by atoms with Crippen LogP contribution in [0.3, 0.4) is 0 Å². The monoisotopic (exact) mass is 324 g/mol. The fraction of sp³-hybridized carbons (Fsp3) is 0.174. The summed E-state index contributed by atoms with van der Waals surface area (Å²) in [6.07, 6.45) is 0.485. The van der Waals surface area contributed by atoms with Crippen LogP contribution in [0.5, 0.6) is 0 Å². The molecule has 4 rings (SSSR count). The molecule has 122 valence electrons. The van der Waals surface area contributed by atoms with Crippen molar-refractivity contribution in [3.05, 3.63) is 102 Å². The first-order chi connectivity index (χ1) is 12.3. The molecule has 0 radical (unpaired) electrons. The molecule has 0 amide bonds. The predicted molar refractivity (Wildman–Crippen MR) is 101 cm³/mol. The van der Waals surface area contributed by atoms with Crippen molar-refractivity contribution in [1.29, 1.82) is 5.26 Å². The molecular weight excluding hydrogens is 304 g/mol. The lowest BCUT2D eigenvalue weighted by Crippen LogP contribution is -2.34. The van der Waals surface area contributed by atoms with Gasteiger partial charge >= 0.3 is 0 Å². The summed E-state index contributed by atoms with van der Waals surface area (Å²) in [5.41, 5.74) is 4.75. The summed E-state index contributed by atoms with van der Waals surface area (Å²) >= 11 is 0. The third-order valence-electron chi connectivity index (χ3n) is 5.14. The van der Waals surface area contributed by atoms with Crippen LogP contribution in [0.25, 0.3) is 0 Å². The van der Waals surface area contributed by atoms with E-state index in [2.05, 4.69) is 83.8 Å². The van der Waals surface area contributed by atoms with Crippen LogP contribution in [0.15, 0.2) is 84.9 Å². The van der Waals surface area contributed by atoms with Crippen molar-refractivity contribution in [2.45, 2.75) is 18.4 Å². The lowest BCUT2D eigenvalue weighted by atomic mass is 9.74. The Kier molecular flexibility index (Phi) is 3.99. The van der Waals surface area contributed by atoms with Crippen LogP contribution >= 0.6 is 0 Å². The zero-order valence-electron chi connectivity index (χ0n) is 14.1. The zero-order chi connectivity index (χ0) is 17.1. The van der Waals surface area contributed by atoms with Gasteiger partial charge in [-0.3, -0.25) is 0 Å². The molecule has 3 aromatic rings. The fourth-order valence-electron chi connectivity index (χ4n) is 3.99. The van der Waals surface area contributed by atoms with Gasteiger partial charge in [-0.25, -0.2) is 0 Å². The Balaban J connectivity index is 1.81. The van der Waals surface area contributed by atoms with Crippen molar-refractivity contribution in [2.24, 2.45) is 0 Å². The molecule has 25 heavy (non-hydrogen) atoms. The quantitative estimate of drug-likeness (QED) is 0.682. The Labute approximate surface area is 149 Å². The minimum Gasteiger partial charge on any atom is -0.366 e. The number of nitrogens with zero attached hydrogens (tertiary/aromatic N) is 2. The van der Waals surface area contributed by atoms with Crippen LogP contribution in [0, 0.1) is 11.3 Å². The maximum atomic E-state index is 9.59. The molecule has 0 aromatic heterocycles. The lowest BCUT2D eigenvalue weighted by molar-refractivity contribution is 0.549. The Hall–Kier alpha value is -3.05. The van der Waals surface area contributed by atoms with E-state index in [1.54, 1.807) is 0 Å². The maximum Gasteiger partial charge on any atom is 0.0635 e. The van der Waals surface area contributed by atoms with E-state index in [-0.39, 0.29) is 5.41 Å². The molecule has 0 saturated heterocycles. The van der Waals surface area contributed by atoms with Crippen LogP contribution in [0.2, 0.25) is 0 Å². The first-order valence-corrected chi connectivity index (χ1v) is 8.64. The summed E-state index contributed by atoms with van der Waals surface area (Å²) < 4.78 is 0. The molecule has 1 unspecified atom stereocenters. The van der Waals surface area contributed by atoms with Crippen LogP contribution in [-0.2, 0) is 12.0 Å². The first-order valence-electron chi connectivity index (χ1n) is 8.64. The van der Waals surface area contributed by atoms with Gasteiger partial charge in [-0.05, 0) is 22.8 Å². The molecular formula is C23H20N2. The molecule has 2 heteroatoms. The molecule has 0 spiro atoms. The molecule has 0 N–H and O–H groups in total. The van der Waals surface area contributed by atoms with E-state index in [1.165, 1.54) is 22.4 Å². The van der Waals surface area contributed by atoms with Gasteiger partial charge in [-0.15, -0.1) is 0 Å². The van der Waals surface area contributed by atoms with Crippen molar-refractivity contribution in [3.63, 3.8) is 0 Å². The predicted octanol–water partition coefficient (Wildman–Crippen LogP) is 4.91. The van der Waals surface area contributed by atoms with E-state index in [0.29, 0.717) is 6.42 Å². The number of hydrogen-bond acceptors (Lipinski definition) is 2. The molecule has 0 bridgehead atoms. The fourth-order valence-corrected chi connectivity index (χ4v) is 3.99. The average molecular weight is 324 g/mol. The summed E-state index contributed by atoms with van der Waals surface area (Å²) in [6.45, 7) is 1.69. The third-order valence-corrected chi connectivity index (χ3v) is 5.14. The summed E-state index contributed by atoms with van der Waals surface area (Å²) in [7, 11) is 0. The van der Waals surface area contributed by atoms with Crippen LogP contribution in [0.1, 0.15) is 23.1 Å². The minimum absolute atomic E-state index is 0.263. The molecule has 1 aliphatic heterocycles. The Morgan fingerprint density at radius 2 is 1.48 bits per heavy atom. The second-order valence-corrected chi connectivity index (χ2v) is 6.64. The van der Waals surface area contributed by atoms with Gasteiger partial charge in [0.05, 0.1) is 17.9 Å². The highest BCUT2D eigenvalue weighted by atomic mass is 15.2. The van der Waals surface area contributed by atoms with Crippen molar-refractivity contribution >= 4 is 5.69 Å². The Morgan fingerprint density at radius 1 is 0.840 bits per heavy atom. The van der Waals surface area contributed by atoms with Gasteiger partial charge in [0.25, 0.3) is 0 Å². The number of anilines is 1. The topological polar surface area (TPSA) is 27.0 Å². The zero-order valence-corrected chi connectivity index (χ0v) is 14.1. The molecule has 0 saturated carbocycles. The van der Waals surface area contributed by atoms with Gasteiger partial charge < -0.3 is 4.90 Å². The molecule has 3 aromatic carbocycles. The molecule has 1 atom stereocenters. The van der Waals surface area contributed by atoms with Crippen molar-refractivity contribution in [1.82, 2.24) is 0 Å². The molecule has 1 aliphatic rings. The van der Waals surface area contributed by atoms with Gasteiger partial charge in [0.1, 0.15) is 0 Å². The van der Waals surface area contributed by atoms with Crippen molar-refractivity contribution in [3.8, 4) is 6.07 Å². The van der Waals surface area contributed by atoms with E-state index >= 15 is 0 Å². The highest BCUT2D eigenvalue weighted by Crippen LogP contribution is 2.47. The Morgan fingerprint density at radius 3 is 2.20 bits per heavy atom. The standard InChI is InChI=1S/C23H20N2/c24-16-15-23(20-11-5-2-6-12-20)18-25(17-19-9-3-1-4-10-19)22-14-8-7-13-21(22)23/h1-14H,15,17-18H2. The summed E-state index contributed by atoms with van der Waals surface area (Å²) in [5.74, 6) is 0. The maximum absolute atomic E-state index is 9.59. The molecule has 0 aliphatic carbocycles. The van der Waals surface area contributed by atoms with E-state index in [1.807, 2.05) is 12.1 Å². The lowest BCUT2D eigenvalue weighted by Gasteiger charge is -2.29. The highest BCUT2D eigenvalue weighted by molar-refractivity contribution is 5.66. The number of hydrogen-bond donors (Lipinski definition) is 0. The van der Waals surface area contributed by atoms with Crippen molar-refractivity contribution < 1.29 is 0 Å². The number of para-hydroxylation sites is 1. The van der Waals surface area contributed by atoms with Crippen LogP contribution in [-0.4, -0.2) is 6.54 Å². The van der Waals surface area contributed by atoms with E-state index in [0.717, 1.165) is 13.1 Å². The van der Waals surface area contributed by atoms with E-state index < -0.39 is 0 Å². The van der Waals surface area contributed by atoms with E-state index in [4.69, 9.17) is 0 Å². The number of rotatable bonds is 4. The summed E-state index contributed by atoms with van der Waals surface area (Å²) in [4.78, 5) is 2.41. The first kappa shape index (κ1) is 15.5. The second kappa shape index (κ2) is 6.45. The number of nitriles is 1. The van der Waals surface area contributed by atoms with Gasteiger partial charge in [0.15, 0.2) is 0 Å². The third kappa shape index (κ3) is 2.68. The summed E-state index contributed by atoms with van der Waals surface area (Å²) in [6, 6.07) is 32.0. The Bertz CT molecular complexity index is 896. The number of fused-ring (bicyclic) bond motifs is 1. The van der Waals surface area contributed by atoms with Gasteiger partial charge in [0, 0.05) is 18.8 Å². The summed E-state index contributed by atoms with van der Waals surface area (Å²) in [5, 5.41) is 9.59. The average Bonchev–Trinajstić information content (AvgIpc) is 2.99. The highest BCUT2D eigenvalue weighted by Gasteiger charge is 2.43. The van der Waals surface area contributed by atoms with Gasteiger partial charge in [-0.2, -0.15) is 5.26 Å². The molecule has 2 nitrogen and oxygen atoms in total. The number of benzene rings is 3. The molecule has 1 heterocycles. The van der Waals surface area contributed by atoms with Crippen molar-refractivity contribution in [2.75, 3.05) is 11.4 Å². The van der Waals surface area contributed by atoms with Gasteiger partial charge in [0.2, 0.25) is 0 Å². The SMILES string of the molecule is N#CCC1(c2ccccc2)CN(Cc2ccccc2)c2ccccc21. The van der Waals surface area contributed by atoms with E-state index in [9.17, 15) is 5.26 Å². The van der Waals surface area contributed by atoms with Crippen LogP contribution < -0.4 is 4.90 Å². The van der Waals surface area contributed by atoms with Gasteiger partial charge in [-0.1, -0.05) is 78.9 Å².